The molecule has 2 atom stereocenters. The molecule has 0 aliphatic heterocycles. The van der Waals surface area contributed by atoms with Gasteiger partial charge in [0.25, 0.3) is 0 Å². The number of hydrogen-bond donors (Lipinski definition) is 1. The molecule has 8 nitrogen and oxygen atoms in total. The summed E-state index contributed by atoms with van der Waals surface area (Å²) >= 11 is 0. The molecule has 0 amide bonds. The first-order chi connectivity index (χ1) is 9.54. The van der Waals surface area contributed by atoms with Crippen molar-refractivity contribution in [1.29, 1.82) is 0 Å². The van der Waals surface area contributed by atoms with Gasteiger partial charge in [0, 0.05) is 14.2 Å². The molecule has 0 saturated heterocycles. The van der Waals surface area contributed by atoms with E-state index in [2.05, 4.69) is 10.2 Å². The quantitative estimate of drug-likeness (QED) is 0.516. The van der Waals surface area contributed by atoms with Gasteiger partial charge in [-0.05, 0) is 20.8 Å². The van der Waals surface area contributed by atoms with E-state index < -0.39 is 0 Å². The summed E-state index contributed by atoms with van der Waals surface area (Å²) in [6.07, 6.45) is -0.475. The maximum atomic E-state index is 11.5. The van der Waals surface area contributed by atoms with Crippen molar-refractivity contribution in [2.75, 3.05) is 27.4 Å². The number of nitrogens with two attached hydrogens (primary N) is 1. The lowest BCUT2D eigenvalue weighted by Crippen LogP contribution is -2.90. The fraction of sp³-hybridized carbons (Fsp3) is 0.750. The maximum Gasteiger partial charge on any atom is 0.364 e. The number of nitrogens with zero attached hydrogens (tertiary/aromatic N) is 3. The highest BCUT2D eigenvalue weighted by Crippen LogP contribution is 2.17. The number of carbonyl (C=O) groups is 1. The largest absolute Gasteiger partial charge is 0.462 e. The average Bonchev–Trinajstić information content (AvgIpc) is 2.87. The van der Waals surface area contributed by atoms with Crippen LogP contribution in [0.5, 0.6) is 0 Å². The van der Waals surface area contributed by atoms with Gasteiger partial charge in [-0.1, -0.05) is 0 Å². The van der Waals surface area contributed by atoms with E-state index in [1.54, 1.807) is 31.2 Å². The van der Waals surface area contributed by atoms with Gasteiger partial charge in [0.15, 0.2) is 6.54 Å². The van der Waals surface area contributed by atoms with Crippen LogP contribution < -0.4 is 5.43 Å². The summed E-state index contributed by atoms with van der Waals surface area (Å²) in [4.78, 5) is 11.5. The highest BCUT2D eigenvalue weighted by Gasteiger charge is 2.24. The van der Waals surface area contributed by atoms with E-state index in [0.717, 1.165) is 0 Å². The summed E-state index contributed by atoms with van der Waals surface area (Å²) in [6.45, 7) is 5.99. The fourth-order valence-corrected chi connectivity index (χ4v) is 1.65. The van der Waals surface area contributed by atoms with E-state index in [1.165, 1.54) is 0 Å². The van der Waals surface area contributed by atoms with E-state index in [1.807, 2.05) is 13.8 Å². The molecule has 8 heteroatoms. The van der Waals surface area contributed by atoms with Crippen LogP contribution in [0.3, 0.4) is 0 Å². The highest BCUT2D eigenvalue weighted by molar-refractivity contribution is 5.70. The summed E-state index contributed by atoms with van der Waals surface area (Å²) < 4.78 is 17.2. The number of ether oxygens (including phenoxy) is 3. The topological polar surface area (TPSA) is 92.1 Å². The number of quaternary nitrogens is 1. The molecule has 0 aliphatic carbocycles. The molecule has 1 aromatic rings. The molecule has 0 saturated carbocycles. The Labute approximate surface area is 118 Å². The summed E-state index contributed by atoms with van der Waals surface area (Å²) in [6, 6.07) is 0. The second-order valence-corrected chi connectivity index (χ2v) is 4.23. The monoisotopic (exact) mass is 287 g/mol. The number of carbonyl (C=O) groups excluding carboxylic acids is 1. The normalized spacial score (nSPS) is 14.1. The van der Waals surface area contributed by atoms with Crippen LogP contribution in [-0.2, 0) is 19.0 Å². The van der Waals surface area contributed by atoms with Crippen LogP contribution in [0.4, 0.5) is 0 Å². The molecule has 20 heavy (non-hydrogen) atoms. The van der Waals surface area contributed by atoms with Crippen LogP contribution in [0, 0.1) is 0 Å². The SMILES string of the molecule is CCOC(=O)C[NH2+]n1c([C@H](C)OC)nnc1[C@H](C)OC. The van der Waals surface area contributed by atoms with Gasteiger partial charge in [-0.25, -0.2) is 10.2 Å². The molecule has 114 valence electrons. The molecule has 0 spiro atoms. The lowest BCUT2D eigenvalue weighted by atomic mass is 10.3. The molecule has 1 rings (SSSR count). The fourth-order valence-electron chi connectivity index (χ4n) is 1.65. The lowest BCUT2D eigenvalue weighted by Gasteiger charge is -2.13. The number of methoxy groups -OCH3 is 2. The Morgan fingerprint density at radius 2 is 1.70 bits per heavy atom. The van der Waals surface area contributed by atoms with Gasteiger partial charge in [0.1, 0.15) is 12.2 Å². The smallest absolute Gasteiger partial charge is 0.364 e. The molecule has 2 N–H and O–H groups in total. The second kappa shape index (κ2) is 7.93. The van der Waals surface area contributed by atoms with Crippen molar-refractivity contribution in [3.05, 3.63) is 11.6 Å². The van der Waals surface area contributed by atoms with Gasteiger partial charge >= 0.3 is 5.97 Å². The van der Waals surface area contributed by atoms with E-state index in [9.17, 15) is 4.79 Å². The minimum atomic E-state index is -0.298. The molecule has 0 bridgehead atoms. The lowest BCUT2D eigenvalue weighted by molar-refractivity contribution is -0.704. The van der Waals surface area contributed by atoms with Crippen molar-refractivity contribution in [2.24, 2.45) is 0 Å². The number of hydrogen-bond acceptors (Lipinski definition) is 6. The van der Waals surface area contributed by atoms with Crippen molar-refractivity contribution in [1.82, 2.24) is 14.9 Å². The first kappa shape index (κ1) is 16.5. The highest BCUT2D eigenvalue weighted by atomic mass is 16.5. The predicted octanol–water partition coefficient (Wildman–Crippen LogP) is -0.417. The van der Waals surface area contributed by atoms with Gasteiger partial charge < -0.3 is 14.2 Å². The molecule has 1 heterocycles. The molecular formula is C12H23N4O4+. The van der Waals surface area contributed by atoms with Crippen LogP contribution in [0.15, 0.2) is 0 Å². The zero-order valence-electron chi connectivity index (χ0n) is 12.6. The molecule has 0 radical (unpaired) electrons. The minimum Gasteiger partial charge on any atom is -0.462 e. The van der Waals surface area contributed by atoms with Crippen molar-refractivity contribution < 1.29 is 24.4 Å². The van der Waals surface area contributed by atoms with Crippen molar-refractivity contribution in [3.8, 4) is 0 Å². The van der Waals surface area contributed by atoms with Gasteiger partial charge in [0.05, 0.1) is 6.61 Å². The first-order valence-corrected chi connectivity index (χ1v) is 6.54. The summed E-state index contributed by atoms with van der Waals surface area (Å²) in [5, 5.41) is 8.21. The van der Waals surface area contributed by atoms with Gasteiger partial charge in [-0.15, -0.1) is 10.2 Å². The Hall–Kier alpha value is -1.51. The third-order valence-electron chi connectivity index (χ3n) is 2.93. The summed E-state index contributed by atoms with van der Waals surface area (Å²) in [5.41, 5.74) is 1.69. The number of esters is 1. The Bertz CT molecular complexity index is 408. The summed E-state index contributed by atoms with van der Waals surface area (Å²) in [5.74, 6) is 0.944. The summed E-state index contributed by atoms with van der Waals surface area (Å²) in [7, 11) is 3.18. The Balaban J connectivity index is 2.93. The van der Waals surface area contributed by atoms with E-state index >= 15 is 0 Å². The molecular weight excluding hydrogens is 264 g/mol. The molecule has 0 aromatic carbocycles. The zero-order chi connectivity index (χ0) is 15.1. The molecule has 0 unspecified atom stereocenters. The molecule has 0 aliphatic rings. The first-order valence-electron chi connectivity index (χ1n) is 6.54. The van der Waals surface area contributed by atoms with Gasteiger partial charge in [0.2, 0.25) is 11.6 Å². The third-order valence-corrected chi connectivity index (χ3v) is 2.93. The van der Waals surface area contributed by atoms with Gasteiger partial charge in [-0.2, -0.15) is 4.68 Å². The Kier molecular flexibility index (Phi) is 6.56. The van der Waals surface area contributed by atoms with Crippen LogP contribution >= 0.6 is 0 Å². The second-order valence-electron chi connectivity index (χ2n) is 4.23. The zero-order valence-corrected chi connectivity index (χ0v) is 12.6. The maximum absolute atomic E-state index is 11.5. The predicted molar refractivity (Wildman–Crippen MR) is 69.7 cm³/mol. The van der Waals surface area contributed by atoms with Crippen LogP contribution in [-0.4, -0.2) is 48.2 Å². The Morgan fingerprint density at radius 3 is 2.10 bits per heavy atom. The molecule has 1 aromatic heterocycles. The third kappa shape index (κ3) is 3.99. The standard InChI is InChI=1S/C12H22N4O4/c1-6-20-10(17)7-13-16-11(8(2)18-4)14-15-12(16)9(3)19-5/h8-9,13H,6-7H2,1-5H3/p+1/t8-,9-/m0/s1. The van der Waals surface area contributed by atoms with E-state index in [4.69, 9.17) is 14.2 Å². The van der Waals surface area contributed by atoms with Crippen molar-refractivity contribution >= 4 is 5.97 Å². The van der Waals surface area contributed by atoms with E-state index in [-0.39, 0.29) is 24.7 Å². The minimum absolute atomic E-state index is 0.138. The number of rotatable bonds is 8. The van der Waals surface area contributed by atoms with Gasteiger partial charge in [-0.3, -0.25) is 0 Å². The molecule has 0 fully saturated rings. The average molecular weight is 287 g/mol. The van der Waals surface area contributed by atoms with Crippen molar-refractivity contribution in [3.63, 3.8) is 0 Å². The van der Waals surface area contributed by atoms with Crippen molar-refractivity contribution in [2.45, 2.75) is 33.0 Å². The van der Waals surface area contributed by atoms with Crippen LogP contribution in [0.2, 0.25) is 0 Å². The van der Waals surface area contributed by atoms with Crippen LogP contribution in [0.25, 0.3) is 0 Å². The Morgan fingerprint density at radius 1 is 1.20 bits per heavy atom. The van der Waals surface area contributed by atoms with Crippen LogP contribution in [0.1, 0.15) is 44.6 Å². The number of aromatic nitrogens is 3. The van der Waals surface area contributed by atoms with E-state index in [0.29, 0.717) is 18.3 Å².